The first-order chi connectivity index (χ1) is 4.38. The summed E-state index contributed by atoms with van der Waals surface area (Å²) < 4.78 is 29.1. The molecule has 1 fully saturated rings. The Hall–Kier alpha value is -0.260. The number of alkyl halides is 2. The van der Waals surface area contributed by atoms with Crippen LogP contribution < -0.4 is 0 Å². The first-order valence-electron chi connectivity index (χ1n) is 2.78. The Morgan fingerprint density at radius 3 is 2.20 bits per heavy atom. The highest BCUT2D eigenvalue weighted by Crippen LogP contribution is 2.38. The second-order valence-electron chi connectivity index (χ2n) is 2.56. The van der Waals surface area contributed by atoms with Crippen LogP contribution in [0.1, 0.15) is 6.92 Å². The molecular formula is C5H8F2O3. The Balaban J connectivity index is 2.84. The van der Waals surface area contributed by atoms with Crippen molar-refractivity contribution in [2.24, 2.45) is 0 Å². The predicted molar refractivity (Wildman–Crippen MR) is 27.5 cm³/mol. The number of aliphatic hydroxyl groups excluding tert-OH is 1. The van der Waals surface area contributed by atoms with Crippen LogP contribution in [0.2, 0.25) is 0 Å². The van der Waals surface area contributed by atoms with Gasteiger partial charge in [0.25, 0.3) is 0 Å². The minimum absolute atomic E-state index is 0.541. The maximum atomic E-state index is 12.5. The van der Waals surface area contributed by atoms with E-state index in [0.29, 0.717) is 0 Å². The molecule has 60 valence electrons. The van der Waals surface area contributed by atoms with Crippen molar-refractivity contribution >= 4 is 0 Å². The zero-order chi connectivity index (χ0) is 7.99. The Bertz CT molecular complexity index is 146. The third-order valence-electron chi connectivity index (χ3n) is 1.55. The van der Waals surface area contributed by atoms with E-state index in [2.05, 4.69) is 4.74 Å². The molecule has 0 spiro atoms. The minimum Gasteiger partial charge on any atom is -0.381 e. The molecule has 2 atom stereocenters. The van der Waals surface area contributed by atoms with E-state index >= 15 is 0 Å². The summed E-state index contributed by atoms with van der Waals surface area (Å²) in [5.41, 5.74) is -2.24. The molecule has 0 bridgehead atoms. The standard InChI is InChI=1S/C5H8F2O3/c1-4(9)2-10-3(8)5(4,6)7/h3,8-9H,2H2,1H3. The van der Waals surface area contributed by atoms with Crippen molar-refractivity contribution in [2.45, 2.75) is 24.7 Å². The zero-order valence-corrected chi connectivity index (χ0v) is 5.34. The maximum Gasteiger partial charge on any atom is 0.327 e. The van der Waals surface area contributed by atoms with Crippen LogP contribution in [-0.4, -0.2) is 34.6 Å². The molecule has 10 heavy (non-hydrogen) atoms. The van der Waals surface area contributed by atoms with Crippen molar-refractivity contribution in [2.75, 3.05) is 6.61 Å². The van der Waals surface area contributed by atoms with Crippen LogP contribution in [0.15, 0.2) is 0 Å². The molecule has 1 rings (SSSR count). The summed E-state index contributed by atoms with van der Waals surface area (Å²) in [5.74, 6) is -3.56. The average molecular weight is 154 g/mol. The molecule has 1 heterocycles. The fourth-order valence-electron chi connectivity index (χ4n) is 0.708. The number of aliphatic hydroxyl groups is 2. The van der Waals surface area contributed by atoms with E-state index in [9.17, 15) is 8.78 Å². The highest BCUT2D eigenvalue weighted by molar-refractivity contribution is 4.96. The van der Waals surface area contributed by atoms with Gasteiger partial charge in [0.1, 0.15) is 0 Å². The highest BCUT2D eigenvalue weighted by atomic mass is 19.3. The van der Waals surface area contributed by atoms with Gasteiger partial charge in [0, 0.05) is 0 Å². The molecule has 1 aliphatic heterocycles. The van der Waals surface area contributed by atoms with Crippen LogP contribution in [0.25, 0.3) is 0 Å². The van der Waals surface area contributed by atoms with E-state index in [4.69, 9.17) is 10.2 Å². The van der Waals surface area contributed by atoms with Gasteiger partial charge in [-0.3, -0.25) is 0 Å². The molecule has 1 saturated heterocycles. The Labute approximate surface area is 56.2 Å². The molecule has 0 aromatic heterocycles. The lowest BCUT2D eigenvalue weighted by Crippen LogP contribution is -2.47. The van der Waals surface area contributed by atoms with Crippen LogP contribution in [-0.2, 0) is 4.74 Å². The van der Waals surface area contributed by atoms with E-state index < -0.39 is 24.4 Å². The molecule has 2 unspecified atom stereocenters. The van der Waals surface area contributed by atoms with Crippen LogP contribution in [0.3, 0.4) is 0 Å². The molecule has 1 aliphatic rings. The number of ether oxygens (including phenoxy) is 1. The topological polar surface area (TPSA) is 49.7 Å². The van der Waals surface area contributed by atoms with Crippen molar-refractivity contribution in [1.29, 1.82) is 0 Å². The minimum atomic E-state index is -3.56. The van der Waals surface area contributed by atoms with Gasteiger partial charge in [0.05, 0.1) is 6.61 Å². The van der Waals surface area contributed by atoms with E-state index in [0.717, 1.165) is 6.92 Å². The first-order valence-corrected chi connectivity index (χ1v) is 2.78. The van der Waals surface area contributed by atoms with Crippen LogP contribution in [0.4, 0.5) is 8.78 Å². The van der Waals surface area contributed by atoms with Gasteiger partial charge in [-0.15, -0.1) is 0 Å². The summed E-state index contributed by atoms with van der Waals surface area (Å²) >= 11 is 0. The molecule has 0 saturated carbocycles. The largest absolute Gasteiger partial charge is 0.381 e. The number of hydrogen-bond acceptors (Lipinski definition) is 3. The van der Waals surface area contributed by atoms with Gasteiger partial charge >= 0.3 is 5.92 Å². The number of halogens is 2. The molecule has 0 aromatic rings. The molecule has 3 nitrogen and oxygen atoms in total. The molecule has 5 heteroatoms. The van der Waals surface area contributed by atoms with E-state index in [1.54, 1.807) is 0 Å². The van der Waals surface area contributed by atoms with Gasteiger partial charge in [0.2, 0.25) is 6.29 Å². The first kappa shape index (κ1) is 7.84. The Kier molecular flexibility index (Phi) is 1.47. The fraction of sp³-hybridized carbons (Fsp3) is 1.00. The Morgan fingerprint density at radius 2 is 2.10 bits per heavy atom. The number of hydrogen-bond donors (Lipinski definition) is 2. The summed E-state index contributed by atoms with van der Waals surface area (Å²) in [5, 5.41) is 17.3. The average Bonchev–Trinajstić information content (AvgIpc) is 1.94. The fourth-order valence-corrected chi connectivity index (χ4v) is 0.708. The van der Waals surface area contributed by atoms with Crippen LogP contribution in [0, 0.1) is 0 Å². The second kappa shape index (κ2) is 1.87. The predicted octanol–water partition coefficient (Wildman–Crippen LogP) is -0.279. The molecule has 2 N–H and O–H groups in total. The van der Waals surface area contributed by atoms with Gasteiger partial charge < -0.3 is 14.9 Å². The summed E-state index contributed by atoms with van der Waals surface area (Å²) in [4.78, 5) is 0. The van der Waals surface area contributed by atoms with Crippen LogP contribution in [0.5, 0.6) is 0 Å². The normalized spacial score (nSPS) is 45.9. The summed E-state index contributed by atoms with van der Waals surface area (Å²) in [7, 11) is 0. The van der Waals surface area contributed by atoms with Crippen molar-refractivity contribution in [3.05, 3.63) is 0 Å². The van der Waals surface area contributed by atoms with Crippen molar-refractivity contribution in [1.82, 2.24) is 0 Å². The monoisotopic (exact) mass is 154 g/mol. The highest BCUT2D eigenvalue weighted by Gasteiger charge is 2.61. The maximum absolute atomic E-state index is 12.5. The van der Waals surface area contributed by atoms with E-state index in [1.165, 1.54) is 0 Å². The molecule has 0 amide bonds. The third-order valence-corrected chi connectivity index (χ3v) is 1.55. The van der Waals surface area contributed by atoms with Crippen molar-refractivity contribution in [3.8, 4) is 0 Å². The molecule has 0 aromatic carbocycles. The van der Waals surface area contributed by atoms with Gasteiger partial charge in [0.15, 0.2) is 5.60 Å². The molecular weight excluding hydrogens is 146 g/mol. The van der Waals surface area contributed by atoms with Gasteiger partial charge in [-0.2, -0.15) is 8.78 Å². The second-order valence-corrected chi connectivity index (χ2v) is 2.56. The third kappa shape index (κ3) is 0.817. The van der Waals surface area contributed by atoms with Crippen LogP contribution >= 0.6 is 0 Å². The van der Waals surface area contributed by atoms with Crippen molar-refractivity contribution in [3.63, 3.8) is 0 Å². The lowest BCUT2D eigenvalue weighted by molar-refractivity contribution is -0.216. The zero-order valence-electron chi connectivity index (χ0n) is 5.34. The lowest BCUT2D eigenvalue weighted by atomic mass is 10.0. The smallest absolute Gasteiger partial charge is 0.327 e. The summed E-state index contributed by atoms with van der Waals surface area (Å²) in [6.45, 7) is 0.379. The van der Waals surface area contributed by atoms with Gasteiger partial charge in [-0.25, -0.2) is 0 Å². The molecule has 0 aliphatic carbocycles. The number of rotatable bonds is 0. The lowest BCUT2D eigenvalue weighted by Gasteiger charge is -2.23. The molecule has 0 radical (unpaired) electrons. The quantitative estimate of drug-likeness (QED) is 0.504. The summed E-state index contributed by atoms with van der Waals surface area (Å²) in [6.07, 6.45) is -2.18. The Morgan fingerprint density at radius 1 is 1.60 bits per heavy atom. The summed E-state index contributed by atoms with van der Waals surface area (Å²) in [6, 6.07) is 0. The van der Waals surface area contributed by atoms with E-state index in [-0.39, 0.29) is 0 Å². The van der Waals surface area contributed by atoms with E-state index in [1.807, 2.05) is 0 Å². The van der Waals surface area contributed by atoms with Gasteiger partial charge in [-0.1, -0.05) is 0 Å². The van der Waals surface area contributed by atoms with Crippen molar-refractivity contribution < 1.29 is 23.7 Å². The van der Waals surface area contributed by atoms with Gasteiger partial charge in [-0.05, 0) is 6.92 Å². The SMILES string of the molecule is CC1(O)COC(O)C1(F)F.